The third-order valence-corrected chi connectivity index (χ3v) is 2.97. The predicted octanol–water partition coefficient (Wildman–Crippen LogP) is 0.862. The number of hydrogen-bond acceptors (Lipinski definition) is 4. The quantitative estimate of drug-likeness (QED) is 0.826. The molecule has 1 heterocycles. The maximum atomic E-state index is 11.5. The van der Waals surface area contributed by atoms with Crippen LogP contribution in [-0.2, 0) is 7.05 Å². The zero-order chi connectivity index (χ0) is 12.3. The van der Waals surface area contributed by atoms with Gasteiger partial charge in [0, 0.05) is 19.7 Å². The Morgan fingerprint density at radius 1 is 1.62 bits per heavy atom. The highest BCUT2D eigenvalue weighted by atomic mass is 35.5. The van der Waals surface area contributed by atoms with Gasteiger partial charge < -0.3 is 10.4 Å². The van der Waals surface area contributed by atoms with E-state index in [1.165, 1.54) is 17.9 Å². The number of aliphatic hydroxyl groups excluding tert-OH is 1. The molecule has 2 unspecified atom stereocenters. The molecule has 0 saturated carbocycles. The van der Waals surface area contributed by atoms with Gasteiger partial charge in [0.25, 0.3) is 5.56 Å². The summed E-state index contributed by atoms with van der Waals surface area (Å²) >= 11 is 5.89. The standard InChI is InChI=1S/C10H16ClN3O2/c1-6(5-15)7(2)13-8-4-12-14(3)10(16)9(8)11/h4,6-7,13,15H,5H2,1-3H3. The van der Waals surface area contributed by atoms with Gasteiger partial charge in [-0.25, -0.2) is 4.68 Å². The lowest BCUT2D eigenvalue weighted by Gasteiger charge is -2.20. The van der Waals surface area contributed by atoms with Crippen molar-refractivity contribution in [3.8, 4) is 0 Å². The Hall–Kier alpha value is -1.07. The zero-order valence-corrected chi connectivity index (χ0v) is 10.3. The Bertz CT molecular complexity index is 419. The Morgan fingerprint density at radius 3 is 2.81 bits per heavy atom. The molecule has 16 heavy (non-hydrogen) atoms. The van der Waals surface area contributed by atoms with Gasteiger partial charge in [0.1, 0.15) is 5.02 Å². The molecule has 0 fully saturated rings. The highest BCUT2D eigenvalue weighted by molar-refractivity contribution is 6.32. The summed E-state index contributed by atoms with van der Waals surface area (Å²) in [6.07, 6.45) is 1.50. The largest absolute Gasteiger partial charge is 0.396 e. The van der Waals surface area contributed by atoms with Crippen LogP contribution >= 0.6 is 11.6 Å². The highest BCUT2D eigenvalue weighted by Gasteiger charge is 2.14. The molecule has 0 aliphatic carbocycles. The third-order valence-electron chi connectivity index (χ3n) is 2.60. The average molecular weight is 246 g/mol. The number of hydrogen-bond donors (Lipinski definition) is 2. The summed E-state index contributed by atoms with van der Waals surface area (Å²) in [5.41, 5.74) is 0.160. The van der Waals surface area contributed by atoms with Crippen LogP contribution in [0.2, 0.25) is 5.02 Å². The molecule has 0 saturated heterocycles. The van der Waals surface area contributed by atoms with E-state index in [0.29, 0.717) is 5.69 Å². The van der Waals surface area contributed by atoms with Crippen molar-refractivity contribution in [1.82, 2.24) is 9.78 Å². The Kier molecular flexibility index (Phi) is 4.32. The SMILES string of the molecule is CC(CO)C(C)Nc1cnn(C)c(=O)c1Cl. The van der Waals surface area contributed by atoms with Gasteiger partial charge in [-0.3, -0.25) is 4.79 Å². The molecule has 0 spiro atoms. The molecule has 0 aromatic carbocycles. The second kappa shape index (κ2) is 5.32. The van der Waals surface area contributed by atoms with Gasteiger partial charge in [0.2, 0.25) is 0 Å². The van der Waals surface area contributed by atoms with E-state index in [1.54, 1.807) is 0 Å². The molecule has 90 valence electrons. The molecule has 0 bridgehead atoms. The maximum Gasteiger partial charge on any atom is 0.287 e. The van der Waals surface area contributed by atoms with Crippen LogP contribution in [0.1, 0.15) is 13.8 Å². The summed E-state index contributed by atoms with van der Waals surface area (Å²) in [6, 6.07) is 0.0106. The summed E-state index contributed by atoms with van der Waals surface area (Å²) in [5, 5.41) is 16.1. The fraction of sp³-hybridized carbons (Fsp3) is 0.600. The van der Waals surface area contributed by atoms with Gasteiger partial charge in [-0.05, 0) is 12.8 Å². The predicted molar refractivity (Wildman–Crippen MR) is 63.8 cm³/mol. The number of nitrogens with one attached hydrogen (secondary N) is 1. The maximum absolute atomic E-state index is 11.5. The van der Waals surface area contributed by atoms with E-state index in [0.717, 1.165) is 0 Å². The molecule has 1 rings (SSSR count). The number of aromatic nitrogens is 2. The van der Waals surface area contributed by atoms with Crippen LogP contribution in [0.5, 0.6) is 0 Å². The zero-order valence-electron chi connectivity index (χ0n) is 9.57. The lowest BCUT2D eigenvalue weighted by molar-refractivity contribution is 0.226. The molecule has 1 aromatic rings. The van der Waals surface area contributed by atoms with E-state index in [9.17, 15) is 4.79 Å². The Labute approximate surface area is 99.0 Å². The number of halogens is 1. The molecule has 0 aliphatic heterocycles. The molecule has 0 aliphatic rings. The minimum Gasteiger partial charge on any atom is -0.396 e. The molecule has 2 N–H and O–H groups in total. The molecule has 0 radical (unpaired) electrons. The van der Waals surface area contributed by atoms with Crippen molar-refractivity contribution >= 4 is 17.3 Å². The van der Waals surface area contributed by atoms with Crippen molar-refractivity contribution in [2.75, 3.05) is 11.9 Å². The molecule has 6 heteroatoms. The first-order chi connectivity index (χ1) is 7.47. The second-order valence-electron chi connectivity index (χ2n) is 3.89. The number of aliphatic hydroxyl groups is 1. The molecule has 5 nitrogen and oxygen atoms in total. The average Bonchev–Trinajstić information content (AvgIpc) is 2.28. The van der Waals surface area contributed by atoms with Crippen LogP contribution in [0.25, 0.3) is 0 Å². The topological polar surface area (TPSA) is 67.2 Å². The first-order valence-electron chi connectivity index (χ1n) is 5.06. The fourth-order valence-electron chi connectivity index (χ4n) is 1.16. The van der Waals surface area contributed by atoms with Gasteiger partial charge in [-0.15, -0.1) is 0 Å². The highest BCUT2D eigenvalue weighted by Crippen LogP contribution is 2.18. The van der Waals surface area contributed by atoms with E-state index in [1.807, 2.05) is 13.8 Å². The number of nitrogens with zero attached hydrogens (tertiary/aromatic N) is 2. The third kappa shape index (κ3) is 2.74. The summed E-state index contributed by atoms with van der Waals surface area (Å²) in [7, 11) is 1.54. The van der Waals surface area contributed by atoms with Gasteiger partial charge >= 0.3 is 0 Å². The Morgan fingerprint density at radius 2 is 2.25 bits per heavy atom. The van der Waals surface area contributed by atoms with Crippen LogP contribution in [0, 0.1) is 5.92 Å². The normalized spacial score (nSPS) is 14.6. The van der Waals surface area contributed by atoms with Crippen molar-refractivity contribution in [3.63, 3.8) is 0 Å². The molecular formula is C10H16ClN3O2. The van der Waals surface area contributed by atoms with Crippen LogP contribution in [0.15, 0.2) is 11.0 Å². The fourth-order valence-corrected chi connectivity index (χ4v) is 1.38. The minimum atomic E-state index is -0.337. The van der Waals surface area contributed by atoms with Crippen molar-refractivity contribution in [1.29, 1.82) is 0 Å². The Balaban J connectivity index is 2.91. The summed E-state index contributed by atoms with van der Waals surface area (Å²) in [6.45, 7) is 3.89. The van der Waals surface area contributed by atoms with E-state index < -0.39 is 0 Å². The summed E-state index contributed by atoms with van der Waals surface area (Å²) in [5.74, 6) is 0.0696. The van der Waals surface area contributed by atoms with E-state index in [-0.39, 0.29) is 29.1 Å². The first-order valence-corrected chi connectivity index (χ1v) is 5.44. The van der Waals surface area contributed by atoms with E-state index in [4.69, 9.17) is 16.7 Å². The van der Waals surface area contributed by atoms with Crippen LogP contribution in [-0.4, -0.2) is 27.5 Å². The lowest BCUT2D eigenvalue weighted by Crippen LogP contribution is -2.28. The van der Waals surface area contributed by atoms with Gasteiger partial charge in [-0.2, -0.15) is 5.10 Å². The number of rotatable bonds is 4. The monoisotopic (exact) mass is 245 g/mol. The molecule has 0 amide bonds. The van der Waals surface area contributed by atoms with E-state index >= 15 is 0 Å². The van der Waals surface area contributed by atoms with Crippen LogP contribution in [0.3, 0.4) is 0 Å². The van der Waals surface area contributed by atoms with Crippen molar-refractivity contribution in [3.05, 3.63) is 21.6 Å². The van der Waals surface area contributed by atoms with Gasteiger partial charge in [0.05, 0.1) is 11.9 Å². The van der Waals surface area contributed by atoms with Crippen molar-refractivity contribution < 1.29 is 5.11 Å². The lowest BCUT2D eigenvalue weighted by atomic mass is 10.1. The van der Waals surface area contributed by atoms with E-state index in [2.05, 4.69) is 10.4 Å². The van der Waals surface area contributed by atoms with Crippen LogP contribution < -0.4 is 10.9 Å². The molecule has 1 aromatic heterocycles. The molecule has 2 atom stereocenters. The van der Waals surface area contributed by atoms with Crippen LogP contribution in [0.4, 0.5) is 5.69 Å². The first kappa shape index (κ1) is 13.0. The van der Waals surface area contributed by atoms with Gasteiger partial charge in [-0.1, -0.05) is 18.5 Å². The summed E-state index contributed by atoms with van der Waals surface area (Å²) < 4.78 is 1.17. The van der Waals surface area contributed by atoms with Crippen molar-refractivity contribution in [2.24, 2.45) is 13.0 Å². The number of anilines is 1. The van der Waals surface area contributed by atoms with Gasteiger partial charge in [0.15, 0.2) is 0 Å². The second-order valence-corrected chi connectivity index (χ2v) is 4.27. The smallest absolute Gasteiger partial charge is 0.287 e. The number of aryl methyl sites for hydroxylation is 1. The summed E-state index contributed by atoms with van der Waals surface area (Å²) in [4.78, 5) is 11.5. The molecular weight excluding hydrogens is 230 g/mol. The minimum absolute atomic E-state index is 0.0106. The van der Waals surface area contributed by atoms with Crippen molar-refractivity contribution in [2.45, 2.75) is 19.9 Å².